The van der Waals surface area contributed by atoms with Crippen LogP contribution < -0.4 is 0 Å². The molecule has 1 fully saturated rings. The minimum atomic E-state index is -1.46. The summed E-state index contributed by atoms with van der Waals surface area (Å²) in [7, 11) is 0. The maximum Gasteiger partial charge on any atom is 0.185 e. The van der Waals surface area contributed by atoms with Crippen molar-refractivity contribution >= 4 is 5.57 Å². The number of allylic oxidation sites excluding steroid dienone is 1. The standard InChI is InChI=1S/C18H21NO4/c1-4-7-17(20,8-5-2)16(3)14(15-12-19-13-21-15)6-9-18(16)22-10-11-23-18/h4,6-7,12-13,20H,9-11H2,1-3H3/t16-,17-/m1/s1. The molecule has 0 aromatic carbocycles. The van der Waals surface area contributed by atoms with E-state index in [0.29, 0.717) is 25.4 Å². The highest BCUT2D eigenvalue weighted by Gasteiger charge is 2.67. The number of aliphatic hydroxyl groups is 1. The minimum absolute atomic E-state index is 0.485. The molecule has 1 aliphatic heterocycles. The number of rotatable bonds is 3. The van der Waals surface area contributed by atoms with Crippen LogP contribution in [0.3, 0.4) is 0 Å². The Morgan fingerprint density at radius 3 is 2.70 bits per heavy atom. The van der Waals surface area contributed by atoms with Gasteiger partial charge in [-0.05, 0) is 26.8 Å². The first kappa shape index (κ1) is 16.0. The monoisotopic (exact) mass is 315 g/mol. The quantitative estimate of drug-likeness (QED) is 0.686. The van der Waals surface area contributed by atoms with Gasteiger partial charge < -0.3 is 19.0 Å². The van der Waals surface area contributed by atoms with Crippen molar-refractivity contribution in [1.29, 1.82) is 0 Å². The Hall–Kier alpha value is -1.87. The fraction of sp³-hybridized carbons (Fsp3) is 0.500. The van der Waals surface area contributed by atoms with Crippen molar-refractivity contribution in [3.8, 4) is 11.8 Å². The van der Waals surface area contributed by atoms with Gasteiger partial charge >= 0.3 is 0 Å². The van der Waals surface area contributed by atoms with Gasteiger partial charge in [0.1, 0.15) is 0 Å². The molecule has 5 heteroatoms. The van der Waals surface area contributed by atoms with Crippen molar-refractivity contribution in [2.75, 3.05) is 13.2 Å². The lowest BCUT2D eigenvalue weighted by Gasteiger charge is -2.47. The number of aromatic nitrogens is 1. The Morgan fingerprint density at radius 2 is 2.13 bits per heavy atom. The van der Waals surface area contributed by atoms with E-state index in [0.717, 1.165) is 5.57 Å². The fourth-order valence-corrected chi connectivity index (χ4v) is 3.67. The zero-order valence-electron chi connectivity index (χ0n) is 13.6. The molecule has 0 radical (unpaired) electrons. The summed E-state index contributed by atoms with van der Waals surface area (Å²) in [4.78, 5) is 4.00. The molecule has 0 bridgehead atoms. The predicted octanol–water partition coefficient (Wildman–Crippen LogP) is 2.54. The molecule has 2 aliphatic rings. The Labute approximate surface area is 136 Å². The van der Waals surface area contributed by atoms with E-state index in [4.69, 9.17) is 13.9 Å². The van der Waals surface area contributed by atoms with Gasteiger partial charge in [-0.1, -0.05) is 18.1 Å². The molecule has 2 heterocycles. The first-order valence-electron chi connectivity index (χ1n) is 7.70. The largest absolute Gasteiger partial charge is 0.444 e. The summed E-state index contributed by atoms with van der Waals surface area (Å²) in [5, 5.41) is 11.4. The highest BCUT2D eigenvalue weighted by atomic mass is 16.7. The topological polar surface area (TPSA) is 64.7 Å². The van der Waals surface area contributed by atoms with Crippen molar-refractivity contribution in [3.63, 3.8) is 0 Å². The fourth-order valence-electron chi connectivity index (χ4n) is 3.67. The van der Waals surface area contributed by atoms with Crippen LogP contribution >= 0.6 is 0 Å². The molecule has 1 spiro atoms. The summed E-state index contributed by atoms with van der Waals surface area (Å²) in [6.45, 7) is 6.43. The minimum Gasteiger partial charge on any atom is -0.444 e. The van der Waals surface area contributed by atoms with Gasteiger partial charge in [0.15, 0.2) is 23.5 Å². The highest BCUT2D eigenvalue weighted by molar-refractivity contribution is 5.73. The second kappa shape index (κ2) is 5.64. The van der Waals surface area contributed by atoms with Gasteiger partial charge in [-0.3, -0.25) is 0 Å². The Kier molecular flexibility index (Phi) is 3.93. The van der Waals surface area contributed by atoms with Crippen molar-refractivity contribution in [2.45, 2.75) is 38.6 Å². The van der Waals surface area contributed by atoms with Gasteiger partial charge in [-0.2, -0.15) is 0 Å². The number of nitrogens with zero attached hydrogens (tertiary/aromatic N) is 1. The molecule has 0 unspecified atom stereocenters. The average Bonchev–Trinajstić information content (AvgIpc) is 3.24. The Morgan fingerprint density at radius 1 is 1.39 bits per heavy atom. The molecule has 1 aromatic heterocycles. The molecule has 0 amide bonds. The van der Waals surface area contributed by atoms with E-state index in [1.807, 2.05) is 19.9 Å². The molecule has 1 N–H and O–H groups in total. The van der Waals surface area contributed by atoms with Gasteiger partial charge in [0.2, 0.25) is 0 Å². The maximum absolute atomic E-state index is 11.4. The van der Waals surface area contributed by atoms with E-state index in [2.05, 4.69) is 16.8 Å². The third-order valence-corrected chi connectivity index (χ3v) is 4.81. The number of ether oxygens (including phenoxy) is 2. The van der Waals surface area contributed by atoms with Gasteiger partial charge in [0.25, 0.3) is 0 Å². The lowest BCUT2D eigenvalue weighted by atomic mass is 9.64. The summed E-state index contributed by atoms with van der Waals surface area (Å²) in [6, 6.07) is 0. The maximum atomic E-state index is 11.4. The molecule has 3 rings (SSSR count). The van der Waals surface area contributed by atoms with Crippen molar-refractivity contribution < 1.29 is 19.0 Å². The van der Waals surface area contributed by atoms with Crippen LogP contribution in [-0.4, -0.2) is 34.7 Å². The average molecular weight is 315 g/mol. The molecule has 1 aliphatic carbocycles. The summed E-state index contributed by atoms with van der Waals surface area (Å²) in [5.41, 5.74) is -1.62. The molecule has 1 aromatic rings. The summed E-state index contributed by atoms with van der Waals surface area (Å²) >= 11 is 0. The first-order valence-corrected chi connectivity index (χ1v) is 7.70. The zero-order valence-corrected chi connectivity index (χ0v) is 13.6. The molecular formula is C18H21NO4. The molecule has 1 saturated heterocycles. The lowest BCUT2D eigenvalue weighted by molar-refractivity contribution is -0.235. The van der Waals surface area contributed by atoms with E-state index in [9.17, 15) is 5.11 Å². The van der Waals surface area contributed by atoms with Crippen LogP contribution in [0.4, 0.5) is 0 Å². The molecule has 2 atom stereocenters. The van der Waals surface area contributed by atoms with Crippen molar-refractivity contribution in [2.24, 2.45) is 5.41 Å². The zero-order chi connectivity index (χ0) is 16.6. The van der Waals surface area contributed by atoms with Crippen LogP contribution in [0.2, 0.25) is 0 Å². The van der Waals surface area contributed by atoms with Gasteiger partial charge in [-0.15, -0.1) is 5.92 Å². The second-order valence-corrected chi connectivity index (χ2v) is 5.90. The normalized spacial score (nSPS) is 28.6. The molecule has 122 valence electrons. The third kappa shape index (κ3) is 2.10. The van der Waals surface area contributed by atoms with E-state index in [-0.39, 0.29) is 0 Å². The van der Waals surface area contributed by atoms with Crippen LogP contribution in [0.25, 0.3) is 5.57 Å². The van der Waals surface area contributed by atoms with Crippen LogP contribution in [0.5, 0.6) is 0 Å². The summed E-state index contributed by atoms with van der Waals surface area (Å²) < 4.78 is 17.5. The van der Waals surface area contributed by atoms with E-state index in [1.165, 1.54) is 6.39 Å². The van der Waals surface area contributed by atoms with E-state index in [1.54, 1.807) is 25.3 Å². The van der Waals surface area contributed by atoms with Gasteiger partial charge in [0.05, 0.1) is 24.8 Å². The van der Waals surface area contributed by atoms with Crippen LogP contribution in [0.1, 0.15) is 33.0 Å². The van der Waals surface area contributed by atoms with Crippen LogP contribution in [0.15, 0.2) is 35.2 Å². The molecule has 5 nitrogen and oxygen atoms in total. The van der Waals surface area contributed by atoms with Gasteiger partial charge in [0, 0.05) is 12.0 Å². The predicted molar refractivity (Wildman–Crippen MR) is 85.1 cm³/mol. The van der Waals surface area contributed by atoms with E-state index < -0.39 is 16.8 Å². The molecule has 23 heavy (non-hydrogen) atoms. The number of oxazole rings is 1. The lowest BCUT2D eigenvalue weighted by Crippen LogP contribution is -2.58. The third-order valence-electron chi connectivity index (χ3n) is 4.81. The molecular weight excluding hydrogens is 294 g/mol. The second-order valence-electron chi connectivity index (χ2n) is 5.90. The summed E-state index contributed by atoms with van der Waals surface area (Å²) in [6.07, 6.45) is 8.98. The van der Waals surface area contributed by atoms with Crippen LogP contribution in [0, 0.1) is 17.3 Å². The SMILES string of the molecule is CC#C[C@](O)(C=CC)[C@@]1(C)C(c2cnco2)=CCC12OCCO2. The Balaban J connectivity index is 2.21. The van der Waals surface area contributed by atoms with Crippen molar-refractivity contribution in [3.05, 3.63) is 36.6 Å². The highest BCUT2D eigenvalue weighted by Crippen LogP contribution is 2.60. The number of hydrogen-bond acceptors (Lipinski definition) is 5. The van der Waals surface area contributed by atoms with Crippen LogP contribution in [-0.2, 0) is 9.47 Å². The first-order chi connectivity index (χ1) is 11.0. The Bertz CT molecular complexity index is 688. The smallest absolute Gasteiger partial charge is 0.185 e. The van der Waals surface area contributed by atoms with Crippen molar-refractivity contribution in [1.82, 2.24) is 4.98 Å². The molecule has 0 saturated carbocycles. The van der Waals surface area contributed by atoms with Gasteiger partial charge in [-0.25, -0.2) is 4.98 Å². The number of hydrogen-bond donors (Lipinski definition) is 1. The summed E-state index contributed by atoms with van der Waals surface area (Å²) in [5.74, 6) is 5.40. The van der Waals surface area contributed by atoms with E-state index >= 15 is 0 Å².